The first-order chi connectivity index (χ1) is 10.4. The van der Waals surface area contributed by atoms with Crippen LogP contribution in [0.1, 0.15) is 37.0 Å². The lowest BCUT2D eigenvalue weighted by Gasteiger charge is -2.29. The maximum Gasteiger partial charge on any atom is 0.252 e. The minimum absolute atomic E-state index is 0.0719. The van der Waals surface area contributed by atoms with Crippen molar-refractivity contribution in [2.45, 2.75) is 38.8 Å². The van der Waals surface area contributed by atoms with Crippen molar-refractivity contribution in [1.29, 1.82) is 0 Å². The molecular formula is C16H22N4O2. The fourth-order valence-corrected chi connectivity index (χ4v) is 3.33. The lowest BCUT2D eigenvalue weighted by atomic mass is 9.87. The first-order valence-corrected chi connectivity index (χ1v) is 7.48. The predicted molar refractivity (Wildman–Crippen MR) is 84.9 cm³/mol. The zero-order chi connectivity index (χ0) is 15.9. The van der Waals surface area contributed by atoms with Crippen LogP contribution in [0.3, 0.4) is 0 Å². The quantitative estimate of drug-likeness (QED) is 0.905. The van der Waals surface area contributed by atoms with Crippen LogP contribution in [0, 0.1) is 5.41 Å². The summed E-state index contributed by atoms with van der Waals surface area (Å²) in [5.41, 5.74) is 7.61. The number of carbonyl (C=O) groups is 1. The molecule has 0 aromatic carbocycles. The Morgan fingerprint density at radius 1 is 1.55 bits per heavy atom. The minimum Gasteiger partial charge on any atom is -0.381 e. The summed E-state index contributed by atoms with van der Waals surface area (Å²) < 4.78 is 7.26. The molecule has 2 atom stereocenters. The van der Waals surface area contributed by atoms with Gasteiger partial charge in [-0.25, -0.2) is 4.52 Å². The standard InChI is InChI=1S/C16H22N4O2/c1-16(2)8-10(22-3)7-13(16)19-14-11(15(17)21)9-18-20-6-4-5-12(14)20/h4-6,9-10,13,19H,7-8H2,1-3H3,(H2,17,21). The van der Waals surface area contributed by atoms with E-state index >= 15 is 0 Å². The molecule has 118 valence electrons. The molecule has 1 saturated carbocycles. The third-order valence-electron chi connectivity index (χ3n) is 4.68. The Hall–Kier alpha value is -2.08. The number of rotatable bonds is 4. The molecule has 1 aliphatic carbocycles. The highest BCUT2D eigenvalue weighted by molar-refractivity contribution is 6.01. The molecule has 0 spiro atoms. The van der Waals surface area contributed by atoms with Gasteiger partial charge in [-0.05, 0) is 30.4 Å². The van der Waals surface area contributed by atoms with Gasteiger partial charge in [0.2, 0.25) is 0 Å². The van der Waals surface area contributed by atoms with E-state index in [1.54, 1.807) is 11.6 Å². The number of nitrogens with one attached hydrogen (secondary N) is 1. The third-order valence-corrected chi connectivity index (χ3v) is 4.68. The maximum absolute atomic E-state index is 11.8. The van der Waals surface area contributed by atoms with Crippen molar-refractivity contribution in [3.63, 3.8) is 0 Å². The molecule has 1 amide bonds. The van der Waals surface area contributed by atoms with Crippen molar-refractivity contribution in [3.8, 4) is 0 Å². The minimum atomic E-state index is -0.474. The molecule has 2 unspecified atom stereocenters. The number of methoxy groups -OCH3 is 1. The summed E-state index contributed by atoms with van der Waals surface area (Å²) in [4.78, 5) is 11.8. The Bertz CT molecular complexity index is 707. The van der Waals surface area contributed by atoms with E-state index in [1.807, 2.05) is 18.3 Å². The molecule has 0 bridgehead atoms. The molecule has 1 fully saturated rings. The summed E-state index contributed by atoms with van der Waals surface area (Å²) in [5, 5.41) is 7.75. The van der Waals surface area contributed by atoms with Crippen LogP contribution < -0.4 is 11.1 Å². The van der Waals surface area contributed by atoms with Gasteiger partial charge in [0, 0.05) is 19.3 Å². The Morgan fingerprint density at radius 3 is 2.95 bits per heavy atom. The van der Waals surface area contributed by atoms with Crippen LogP contribution in [-0.4, -0.2) is 34.8 Å². The normalized spacial score (nSPS) is 23.8. The number of fused-ring (bicyclic) bond motifs is 1. The number of primary amides is 1. The number of nitrogens with zero attached hydrogens (tertiary/aromatic N) is 2. The monoisotopic (exact) mass is 302 g/mol. The molecule has 1 aliphatic rings. The Labute approximate surface area is 129 Å². The fourth-order valence-electron chi connectivity index (χ4n) is 3.33. The number of amides is 1. The Kier molecular flexibility index (Phi) is 3.56. The first-order valence-electron chi connectivity index (χ1n) is 7.48. The summed E-state index contributed by atoms with van der Waals surface area (Å²) in [6, 6.07) is 4.03. The molecule has 6 nitrogen and oxygen atoms in total. The van der Waals surface area contributed by atoms with Gasteiger partial charge in [-0.2, -0.15) is 5.10 Å². The van der Waals surface area contributed by atoms with Crippen molar-refractivity contribution in [1.82, 2.24) is 9.61 Å². The van der Waals surface area contributed by atoms with Crippen molar-refractivity contribution < 1.29 is 9.53 Å². The number of hydrogen-bond acceptors (Lipinski definition) is 4. The summed E-state index contributed by atoms with van der Waals surface area (Å²) in [6.07, 6.45) is 5.48. The van der Waals surface area contributed by atoms with E-state index in [0.29, 0.717) is 5.56 Å². The van der Waals surface area contributed by atoms with Crippen LogP contribution in [0.4, 0.5) is 5.69 Å². The third kappa shape index (κ3) is 2.43. The summed E-state index contributed by atoms with van der Waals surface area (Å²) in [7, 11) is 1.75. The van der Waals surface area contributed by atoms with Gasteiger partial charge in [0.25, 0.3) is 5.91 Å². The highest BCUT2D eigenvalue weighted by Crippen LogP contribution is 2.41. The Balaban J connectivity index is 2.01. The number of anilines is 1. The second-order valence-corrected chi connectivity index (χ2v) is 6.62. The van der Waals surface area contributed by atoms with Gasteiger partial charge < -0.3 is 15.8 Å². The van der Waals surface area contributed by atoms with E-state index in [-0.39, 0.29) is 17.6 Å². The lowest BCUT2D eigenvalue weighted by molar-refractivity contribution is 0.0993. The van der Waals surface area contributed by atoms with Crippen molar-refractivity contribution in [2.75, 3.05) is 12.4 Å². The van der Waals surface area contributed by atoms with Crippen LogP contribution >= 0.6 is 0 Å². The van der Waals surface area contributed by atoms with Gasteiger partial charge in [-0.15, -0.1) is 0 Å². The highest BCUT2D eigenvalue weighted by atomic mass is 16.5. The predicted octanol–water partition coefficient (Wildman–Crippen LogP) is 2.05. The second kappa shape index (κ2) is 5.28. The number of carbonyl (C=O) groups excluding carboxylic acids is 1. The van der Waals surface area contributed by atoms with E-state index in [0.717, 1.165) is 24.0 Å². The largest absolute Gasteiger partial charge is 0.381 e. The molecule has 3 rings (SSSR count). The van der Waals surface area contributed by atoms with Gasteiger partial charge in [0.05, 0.1) is 29.1 Å². The average Bonchev–Trinajstić information content (AvgIpc) is 3.03. The Morgan fingerprint density at radius 2 is 2.32 bits per heavy atom. The number of nitrogens with two attached hydrogens (primary N) is 1. The summed E-state index contributed by atoms with van der Waals surface area (Å²) in [6.45, 7) is 4.42. The molecule has 0 saturated heterocycles. The fraction of sp³-hybridized carbons (Fsp3) is 0.500. The molecule has 2 aromatic heterocycles. The van der Waals surface area contributed by atoms with Crippen LogP contribution in [0.25, 0.3) is 5.52 Å². The maximum atomic E-state index is 11.8. The van der Waals surface area contributed by atoms with Gasteiger partial charge in [-0.3, -0.25) is 4.79 Å². The van der Waals surface area contributed by atoms with Crippen LogP contribution in [-0.2, 0) is 4.74 Å². The number of hydrogen-bond donors (Lipinski definition) is 2. The van der Waals surface area contributed by atoms with Crippen LogP contribution in [0.15, 0.2) is 24.5 Å². The van der Waals surface area contributed by atoms with Crippen molar-refractivity contribution >= 4 is 17.1 Å². The highest BCUT2D eigenvalue weighted by Gasteiger charge is 2.41. The summed E-state index contributed by atoms with van der Waals surface area (Å²) in [5.74, 6) is -0.474. The van der Waals surface area contributed by atoms with E-state index in [2.05, 4.69) is 24.3 Å². The molecule has 2 heterocycles. The van der Waals surface area contributed by atoms with Gasteiger partial charge in [0.1, 0.15) is 0 Å². The van der Waals surface area contributed by atoms with Gasteiger partial charge >= 0.3 is 0 Å². The summed E-state index contributed by atoms with van der Waals surface area (Å²) >= 11 is 0. The van der Waals surface area contributed by atoms with E-state index in [1.165, 1.54) is 6.20 Å². The first kappa shape index (κ1) is 14.8. The molecule has 2 aromatic rings. The molecular weight excluding hydrogens is 280 g/mol. The smallest absolute Gasteiger partial charge is 0.252 e. The molecule has 3 N–H and O–H groups in total. The number of aromatic nitrogens is 2. The van der Waals surface area contributed by atoms with Crippen molar-refractivity contribution in [3.05, 3.63) is 30.1 Å². The van der Waals surface area contributed by atoms with E-state index in [9.17, 15) is 4.79 Å². The lowest BCUT2D eigenvalue weighted by Crippen LogP contribution is -2.32. The molecule has 0 radical (unpaired) electrons. The zero-order valence-electron chi connectivity index (χ0n) is 13.2. The molecule has 6 heteroatoms. The van der Waals surface area contributed by atoms with Gasteiger partial charge in [-0.1, -0.05) is 13.8 Å². The second-order valence-electron chi connectivity index (χ2n) is 6.62. The van der Waals surface area contributed by atoms with Crippen LogP contribution in [0.5, 0.6) is 0 Å². The van der Waals surface area contributed by atoms with Crippen molar-refractivity contribution in [2.24, 2.45) is 11.1 Å². The number of ether oxygens (including phenoxy) is 1. The SMILES string of the molecule is COC1CC(Nc2c(C(N)=O)cnn3cccc23)C(C)(C)C1. The van der Waals surface area contributed by atoms with E-state index < -0.39 is 5.91 Å². The van der Waals surface area contributed by atoms with Gasteiger partial charge in [0.15, 0.2) is 0 Å². The molecule has 22 heavy (non-hydrogen) atoms. The zero-order valence-corrected chi connectivity index (χ0v) is 13.2. The van der Waals surface area contributed by atoms with E-state index in [4.69, 9.17) is 10.5 Å². The average molecular weight is 302 g/mol. The van der Waals surface area contributed by atoms with Crippen LogP contribution in [0.2, 0.25) is 0 Å². The topological polar surface area (TPSA) is 81.6 Å². The molecule has 0 aliphatic heterocycles.